The number of benzene rings is 3. The molecule has 270 valence electrons. The van der Waals surface area contributed by atoms with Gasteiger partial charge in [-0.25, -0.2) is 19.2 Å². The fourth-order valence-corrected chi connectivity index (χ4v) is 6.94. The first kappa shape index (κ1) is 36.3. The third-order valence-corrected chi connectivity index (χ3v) is 9.92. The number of fused-ring (bicyclic) bond motifs is 1. The van der Waals surface area contributed by atoms with Gasteiger partial charge in [0.25, 0.3) is 5.91 Å². The minimum Gasteiger partial charge on any atom is -0.465 e. The highest BCUT2D eigenvalue weighted by molar-refractivity contribution is 6.03. The lowest BCUT2D eigenvalue weighted by atomic mass is 9.89. The van der Waals surface area contributed by atoms with Crippen LogP contribution in [-0.2, 0) is 19.1 Å². The number of likely N-dealkylation sites (tertiary alicyclic amines) is 2. The molecule has 2 aliphatic heterocycles. The van der Waals surface area contributed by atoms with Crippen molar-refractivity contribution in [2.45, 2.75) is 37.7 Å². The third-order valence-electron chi connectivity index (χ3n) is 9.92. The van der Waals surface area contributed by atoms with E-state index in [4.69, 9.17) is 9.47 Å². The number of aromatic amines is 1. The number of aliphatic imine (C=N–C) groups is 2. The molecule has 2 N–H and O–H groups in total. The Morgan fingerprint density at radius 1 is 1.08 bits per heavy atom. The number of nitrogens with zero attached hydrogens (tertiary/aromatic N) is 5. The first-order valence-electron chi connectivity index (χ1n) is 17.2. The second kappa shape index (κ2) is 15.8. The molecule has 6 rings (SSSR count). The van der Waals surface area contributed by atoms with Crippen LogP contribution in [0.2, 0.25) is 0 Å². The number of amides is 2. The Hall–Kier alpha value is -5.53. The van der Waals surface area contributed by atoms with Gasteiger partial charge in [-0.15, -0.1) is 0 Å². The van der Waals surface area contributed by atoms with Crippen LogP contribution in [0.5, 0.6) is 0 Å². The molecule has 3 aromatic carbocycles. The predicted octanol–water partition coefficient (Wildman–Crippen LogP) is 5.57. The second-order valence-electron chi connectivity index (χ2n) is 13.0. The van der Waals surface area contributed by atoms with Gasteiger partial charge in [0.05, 0.1) is 30.4 Å². The Kier molecular flexibility index (Phi) is 11.0. The maximum absolute atomic E-state index is 14.3. The van der Waals surface area contributed by atoms with Crippen LogP contribution in [0, 0.1) is 5.82 Å². The molecule has 0 bridgehead atoms. The fraction of sp³-hybridized carbons (Fsp3) is 0.333. The molecule has 13 heteroatoms. The number of esters is 1. The predicted molar refractivity (Wildman–Crippen MR) is 198 cm³/mol. The number of halogens is 1. The maximum atomic E-state index is 14.3. The molecule has 2 aliphatic rings. The van der Waals surface area contributed by atoms with E-state index in [-0.39, 0.29) is 30.5 Å². The number of rotatable bonds is 10. The van der Waals surface area contributed by atoms with E-state index in [0.717, 1.165) is 18.4 Å². The first-order valence-corrected chi connectivity index (χ1v) is 17.2. The first-order chi connectivity index (χ1) is 25.2. The summed E-state index contributed by atoms with van der Waals surface area (Å²) in [4.78, 5) is 51.4. The standard InChI is InChI=1S/C39H42FN7O5/c1-5-17-42-36(41-2)27-8-6-25(7-9-27)26-14-18-47(19-15-26)34(48)23-46-20-16-39(24-46,52-4)38(50)43-29-11-13-33-31(22-29)35(45-44-33)28-10-12-32(40)30(21-28)37(49)51-3/h5-13,17,21-22,26H,2,14-16,18-20,23-24H2,1,3-4H3,(H,43,50)(H,44,45)/b17-5-,42-36?. The Morgan fingerprint density at radius 2 is 1.85 bits per heavy atom. The van der Waals surface area contributed by atoms with Gasteiger partial charge in [0, 0.05) is 61.7 Å². The fourth-order valence-electron chi connectivity index (χ4n) is 6.94. The van der Waals surface area contributed by atoms with Crippen molar-refractivity contribution >= 4 is 46.9 Å². The number of methoxy groups -OCH3 is 2. The van der Waals surface area contributed by atoms with E-state index in [1.807, 2.05) is 34.9 Å². The van der Waals surface area contributed by atoms with Crippen molar-refractivity contribution in [3.05, 3.63) is 95.4 Å². The lowest BCUT2D eigenvalue weighted by molar-refractivity contribution is -0.138. The van der Waals surface area contributed by atoms with Crippen molar-refractivity contribution in [2.75, 3.05) is 52.3 Å². The minimum atomic E-state index is -1.14. The monoisotopic (exact) mass is 707 g/mol. The van der Waals surface area contributed by atoms with Crippen LogP contribution in [0.1, 0.15) is 53.6 Å². The Bertz CT molecular complexity index is 2030. The van der Waals surface area contributed by atoms with Crippen LogP contribution < -0.4 is 5.32 Å². The van der Waals surface area contributed by atoms with Crippen LogP contribution in [-0.4, -0.2) is 103 Å². The van der Waals surface area contributed by atoms with Gasteiger partial charge in [-0.05, 0) is 80.8 Å². The molecule has 1 aromatic heterocycles. The van der Waals surface area contributed by atoms with E-state index in [1.54, 1.807) is 24.4 Å². The van der Waals surface area contributed by atoms with Crippen molar-refractivity contribution in [1.29, 1.82) is 0 Å². The number of allylic oxidation sites excluding steroid dienone is 1. The highest BCUT2D eigenvalue weighted by Gasteiger charge is 2.45. The van der Waals surface area contributed by atoms with Gasteiger partial charge in [0.2, 0.25) is 5.91 Å². The average molecular weight is 708 g/mol. The third kappa shape index (κ3) is 7.55. The molecule has 4 aromatic rings. The maximum Gasteiger partial charge on any atom is 0.340 e. The molecular weight excluding hydrogens is 665 g/mol. The van der Waals surface area contributed by atoms with Gasteiger partial charge in [0.1, 0.15) is 5.82 Å². The summed E-state index contributed by atoms with van der Waals surface area (Å²) in [5, 5.41) is 11.0. The Balaban J connectivity index is 1.05. The van der Waals surface area contributed by atoms with Gasteiger partial charge < -0.3 is 19.7 Å². The summed E-state index contributed by atoms with van der Waals surface area (Å²) in [7, 11) is 2.70. The van der Waals surface area contributed by atoms with Crippen LogP contribution in [0.25, 0.3) is 22.2 Å². The smallest absolute Gasteiger partial charge is 0.340 e. The molecule has 1 unspecified atom stereocenters. The topological polar surface area (TPSA) is 142 Å². The van der Waals surface area contributed by atoms with Crippen LogP contribution >= 0.6 is 0 Å². The highest BCUT2D eigenvalue weighted by Crippen LogP contribution is 2.33. The van der Waals surface area contributed by atoms with Gasteiger partial charge >= 0.3 is 5.97 Å². The number of aromatic nitrogens is 2. The summed E-state index contributed by atoms with van der Waals surface area (Å²) >= 11 is 0. The molecule has 1 atom stereocenters. The van der Waals surface area contributed by atoms with Crippen molar-refractivity contribution in [3.63, 3.8) is 0 Å². The van der Waals surface area contributed by atoms with E-state index >= 15 is 0 Å². The molecular formula is C39H42FN7O5. The van der Waals surface area contributed by atoms with Crippen LogP contribution in [0.4, 0.5) is 10.1 Å². The zero-order chi connectivity index (χ0) is 36.8. The average Bonchev–Trinajstić information content (AvgIpc) is 3.80. The number of carbonyl (C=O) groups excluding carboxylic acids is 3. The Labute approximate surface area is 301 Å². The minimum absolute atomic E-state index is 0.0390. The molecule has 0 saturated carbocycles. The van der Waals surface area contributed by atoms with E-state index in [0.29, 0.717) is 65.7 Å². The van der Waals surface area contributed by atoms with Crippen LogP contribution in [0.3, 0.4) is 0 Å². The number of ether oxygens (including phenoxy) is 2. The number of H-pyrrole nitrogens is 1. The molecule has 52 heavy (non-hydrogen) atoms. The molecule has 12 nitrogen and oxygen atoms in total. The summed E-state index contributed by atoms with van der Waals surface area (Å²) in [6, 6.07) is 17.6. The van der Waals surface area contributed by atoms with E-state index < -0.39 is 17.4 Å². The number of amidine groups is 1. The summed E-state index contributed by atoms with van der Waals surface area (Å²) in [5.74, 6) is -0.840. The van der Waals surface area contributed by atoms with E-state index in [2.05, 4.69) is 44.3 Å². The largest absolute Gasteiger partial charge is 0.465 e. The summed E-state index contributed by atoms with van der Waals surface area (Å²) < 4.78 is 24.8. The zero-order valence-corrected chi connectivity index (χ0v) is 29.5. The quantitative estimate of drug-likeness (QED) is 0.125. The molecule has 2 fully saturated rings. The second-order valence-corrected chi connectivity index (χ2v) is 13.0. The number of hydrogen-bond acceptors (Lipinski definition) is 8. The summed E-state index contributed by atoms with van der Waals surface area (Å²) in [5.41, 5.74) is 2.98. The molecule has 2 amide bonds. The normalized spacial score (nSPS) is 18.6. The lowest BCUT2D eigenvalue weighted by Crippen LogP contribution is -2.48. The van der Waals surface area contributed by atoms with Gasteiger partial charge in [-0.3, -0.25) is 19.6 Å². The van der Waals surface area contributed by atoms with Crippen molar-refractivity contribution in [2.24, 2.45) is 9.98 Å². The number of carbonyl (C=O) groups is 3. The van der Waals surface area contributed by atoms with Crippen LogP contribution in [0.15, 0.2) is 82.9 Å². The van der Waals surface area contributed by atoms with Gasteiger partial charge in [-0.2, -0.15) is 5.10 Å². The molecule has 0 radical (unpaired) electrons. The zero-order valence-electron chi connectivity index (χ0n) is 29.5. The number of anilines is 1. The van der Waals surface area contributed by atoms with Crippen molar-refractivity contribution in [1.82, 2.24) is 20.0 Å². The summed E-state index contributed by atoms with van der Waals surface area (Å²) in [6.45, 7) is 7.86. The molecule has 2 saturated heterocycles. The van der Waals surface area contributed by atoms with Gasteiger partial charge in [0.15, 0.2) is 11.4 Å². The lowest BCUT2D eigenvalue weighted by Gasteiger charge is -2.33. The number of piperidine rings is 1. The molecule has 3 heterocycles. The number of nitrogens with one attached hydrogen (secondary N) is 2. The molecule has 0 spiro atoms. The van der Waals surface area contributed by atoms with E-state index in [1.165, 1.54) is 38.0 Å². The molecule has 0 aliphatic carbocycles. The van der Waals surface area contributed by atoms with Crippen molar-refractivity contribution < 1.29 is 28.2 Å². The SMILES string of the molecule is C=NC(=N/C=C\C)c1ccc(C2CCN(C(=O)CN3CCC(OC)(C(=O)Nc4ccc5[nH]nc(-c6ccc(F)c(C(=O)OC)c6)c5c4)C3)CC2)cc1. The van der Waals surface area contributed by atoms with Gasteiger partial charge in [-0.1, -0.05) is 30.3 Å². The van der Waals surface area contributed by atoms with Crippen molar-refractivity contribution in [3.8, 4) is 11.3 Å². The van der Waals surface area contributed by atoms with E-state index in [9.17, 15) is 18.8 Å². The Morgan fingerprint density at radius 3 is 2.54 bits per heavy atom. The highest BCUT2D eigenvalue weighted by atomic mass is 19.1. The number of hydrogen-bond donors (Lipinski definition) is 2. The summed E-state index contributed by atoms with van der Waals surface area (Å²) in [6.07, 6.45) is 5.69.